The smallest absolute Gasteiger partial charge is 0.406 e. The molecule has 1 aliphatic rings. The van der Waals surface area contributed by atoms with E-state index >= 15 is 0 Å². The summed E-state index contributed by atoms with van der Waals surface area (Å²) < 4.78 is 41.7. The number of nitrogens with zero attached hydrogens (tertiary/aromatic N) is 2. The normalized spacial score (nSPS) is 13.8. The largest absolute Gasteiger partial charge is 0.573 e. The van der Waals surface area contributed by atoms with Gasteiger partial charge in [-0.3, -0.25) is 0 Å². The average molecular weight is 455 g/mol. The van der Waals surface area contributed by atoms with E-state index in [0.29, 0.717) is 38.8 Å². The van der Waals surface area contributed by atoms with Crippen molar-refractivity contribution in [1.29, 1.82) is 0 Å². The molecule has 30 heavy (non-hydrogen) atoms. The van der Waals surface area contributed by atoms with Gasteiger partial charge in [-0.15, -0.1) is 13.2 Å². The Kier molecular flexibility index (Phi) is 5.62. The van der Waals surface area contributed by atoms with E-state index in [-0.39, 0.29) is 11.8 Å². The van der Waals surface area contributed by atoms with Gasteiger partial charge in [0.2, 0.25) is 5.95 Å². The molecule has 1 aliphatic carbocycles. The van der Waals surface area contributed by atoms with Gasteiger partial charge in [0, 0.05) is 23.4 Å². The third kappa shape index (κ3) is 5.46. The summed E-state index contributed by atoms with van der Waals surface area (Å²) >= 11 is 12.0. The Morgan fingerprint density at radius 1 is 0.967 bits per heavy atom. The maximum atomic E-state index is 12.6. The molecule has 4 rings (SSSR count). The third-order valence-electron chi connectivity index (χ3n) is 4.19. The summed E-state index contributed by atoms with van der Waals surface area (Å²) in [6, 6.07) is 12.6. The van der Waals surface area contributed by atoms with E-state index < -0.39 is 6.36 Å². The second kappa shape index (κ2) is 8.20. The Bertz CT molecular complexity index is 1070. The lowest BCUT2D eigenvalue weighted by Crippen LogP contribution is -2.17. The number of alkyl halides is 3. The van der Waals surface area contributed by atoms with Crippen LogP contribution in [-0.2, 0) is 0 Å². The first-order chi connectivity index (χ1) is 14.2. The van der Waals surface area contributed by atoms with Crippen LogP contribution in [-0.4, -0.2) is 22.4 Å². The minimum absolute atomic E-state index is 0.290. The van der Waals surface area contributed by atoms with E-state index in [0.717, 1.165) is 12.8 Å². The first-order valence-electron chi connectivity index (χ1n) is 8.99. The maximum Gasteiger partial charge on any atom is 0.573 e. The maximum absolute atomic E-state index is 12.6. The second-order valence-electron chi connectivity index (χ2n) is 6.71. The summed E-state index contributed by atoms with van der Waals surface area (Å²) in [6.45, 7) is 0. The van der Waals surface area contributed by atoms with Crippen LogP contribution < -0.4 is 15.4 Å². The molecule has 2 N–H and O–H groups in total. The standard InChI is InChI=1S/C20H15Cl2F3N4O/c21-15-7-6-13(9-16(15)22)26-18-10-17(28-19(29-18)27-12-4-5-12)11-2-1-3-14(8-11)30-20(23,24)25/h1-3,6-10,12H,4-5H2,(H2,26,27,28,29). The van der Waals surface area contributed by atoms with Gasteiger partial charge in [0.05, 0.1) is 15.7 Å². The van der Waals surface area contributed by atoms with E-state index in [1.54, 1.807) is 30.3 Å². The molecule has 1 saturated carbocycles. The van der Waals surface area contributed by atoms with E-state index in [4.69, 9.17) is 23.2 Å². The molecule has 0 unspecified atom stereocenters. The monoisotopic (exact) mass is 454 g/mol. The van der Waals surface area contributed by atoms with Crippen molar-refractivity contribution in [3.63, 3.8) is 0 Å². The van der Waals surface area contributed by atoms with Crippen molar-refractivity contribution >= 4 is 40.7 Å². The molecule has 0 aliphatic heterocycles. The van der Waals surface area contributed by atoms with Gasteiger partial charge in [-0.25, -0.2) is 4.98 Å². The molecule has 0 bridgehead atoms. The lowest BCUT2D eigenvalue weighted by atomic mass is 10.1. The lowest BCUT2D eigenvalue weighted by Gasteiger charge is -2.13. The fourth-order valence-electron chi connectivity index (χ4n) is 2.71. The van der Waals surface area contributed by atoms with Gasteiger partial charge in [-0.1, -0.05) is 35.3 Å². The summed E-state index contributed by atoms with van der Waals surface area (Å²) in [6.07, 6.45) is -2.75. The van der Waals surface area contributed by atoms with Crippen molar-refractivity contribution in [2.24, 2.45) is 0 Å². The quantitative estimate of drug-likeness (QED) is 0.435. The van der Waals surface area contributed by atoms with Crippen LogP contribution in [0.3, 0.4) is 0 Å². The van der Waals surface area contributed by atoms with Crippen LogP contribution in [0, 0.1) is 0 Å². The van der Waals surface area contributed by atoms with Crippen molar-refractivity contribution in [3.05, 3.63) is 58.6 Å². The highest BCUT2D eigenvalue weighted by Gasteiger charge is 2.31. The number of hydrogen-bond acceptors (Lipinski definition) is 5. The van der Waals surface area contributed by atoms with Crippen LogP contribution in [0.2, 0.25) is 10.0 Å². The van der Waals surface area contributed by atoms with Crippen LogP contribution in [0.15, 0.2) is 48.5 Å². The van der Waals surface area contributed by atoms with Gasteiger partial charge in [-0.05, 0) is 43.2 Å². The van der Waals surface area contributed by atoms with Crippen molar-refractivity contribution in [3.8, 4) is 17.0 Å². The molecule has 0 amide bonds. The zero-order valence-corrected chi connectivity index (χ0v) is 16.8. The van der Waals surface area contributed by atoms with Gasteiger partial charge >= 0.3 is 6.36 Å². The molecule has 5 nitrogen and oxygen atoms in total. The average Bonchev–Trinajstić information content (AvgIpc) is 3.47. The third-order valence-corrected chi connectivity index (χ3v) is 4.93. The Morgan fingerprint density at radius 3 is 2.47 bits per heavy atom. The Labute approximate surface area is 180 Å². The lowest BCUT2D eigenvalue weighted by molar-refractivity contribution is -0.274. The molecule has 2 aromatic carbocycles. The van der Waals surface area contributed by atoms with Crippen LogP contribution in [0.4, 0.5) is 30.6 Å². The molecule has 1 aromatic heterocycles. The van der Waals surface area contributed by atoms with Crippen molar-refractivity contribution < 1.29 is 17.9 Å². The highest BCUT2D eigenvalue weighted by Crippen LogP contribution is 2.32. The second-order valence-corrected chi connectivity index (χ2v) is 7.52. The Morgan fingerprint density at radius 2 is 1.77 bits per heavy atom. The predicted molar refractivity (Wildman–Crippen MR) is 111 cm³/mol. The molecule has 0 spiro atoms. The highest BCUT2D eigenvalue weighted by molar-refractivity contribution is 6.42. The van der Waals surface area contributed by atoms with Crippen molar-refractivity contribution in [2.45, 2.75) is 25.2 Å². The Balaban J connectivity index is 1.67. The molecule has 0 radical (unpaired) electrons. The SMILES string of the molecule is FC(F)(F)Oc1cccc(-c2cc(Nc3ccc(Cl)c(Cl)c3)nc(NC3CC3)n2)c1. The molecule has 10 heteroatoms. The summed E-state index contributed by atoms with van der Waals surface area (Å²) in [5, 5.41) is 7.13. The number of rotatable bonds is 6. The van der Waals surface area contributed by atoms with Crippen molar-refractivity contribution in [1.82, 2.24) is 9.97 Å². The fraction of sp³-hybridized carbons (Fsp3) is 0.200. The minimum Gasteiger partial charge on any atom is -0.406 e. The zero-order chi connectivity index (χ0) is 21.3. The van der Waals surface area contributed by atoms with Gasteiger partial charge < -0.3 is 15.4 Å². The zero-order valence-electron chi connectivity index (χ0n) is 15.3. The summed E-state index contributed by atoms with van der Waals surface area (Å²) in [5.41, 5.74) is 1.54. The molecule has 156 valence electrons. The number of anilines is 3. The van der Waals surface area contributed by atoms with Crippen LogP contribution in [0.1, 0.15) is 12.8 Å². The molecule has 3 aromatic rings. The van der Waals surface area contributed by atoms with E-state index in [9.17, 15) is 13.2 Å². The van der Waals surface area contributed by atoms with Crippen LogP contribution in [0.5, 0.6) is 5.75 Å². The first kappa shape index (κ1) is 20.6. The number of benzene rings is 2. The first-order valence-corrected chi connectivity index (χ1v) is 9.75. The fourth-order valence-corrected chi connectivity index (χ4v) is 3.01. The van der Waals surface area contributed by atoms with Gasteiger partial charge in [-0.2, -0.15) is 4.98 Å². The van der Waals surface area contributed by atoms with Crippen LogP contribution >= 0.6 is 23.2 Å². The molecule has 1 heterocycles. The van der Waals surface area contributed by atoms with Gasteiger partial charge in [0.15, 0.2) is 0 Å². The van der Waals surface area contributed by atoms with E-state index in [1.165, 1.54) is 18.2 Å². The molecule has 1 fully saturated rings. The van der Waals surface area contributed by atoms with Gasteiger partial charge in [0.25, 0.3) is 0 Å². The summed E-state index contributed by atoms with van der Waals surface area (Å²) in [5.74, 6) is 0.498. The molecule has 0 atom stereocenters. The number of hydrogen-bond donors (Lipinski definition) is 2. The summed E-state index contributed by atoms with van der Waals surface area (Å²) in [7, 11) is 0. The number of nitrogens with one attached hydrogen (secondary N) is 2. The minimum atomic E-state index is -4.77. The van der Waals surface area contributed by atoms with Gasteiger partial charge in [0.1, 0.15) is 11.6 Å². The molecular weight excluding hydrogens is 440 g/mol. The Hall–Kier alpha value is -2.71. The van der Waals surface area contributed by atoms with Crippen LogP contribution in [0.25, 0.3) is 11.3 Å². The number of ether oxygens (including phenoxy) is 1. The number of aromatic nitrogens is 2. The van der Waals surface area contributed by atoms with Crippen molar-refractivity contribution in [2.75, 3.05) is 10.6 Å². The number of halogens is 5. The highest BCUT2D eigenvalue weighted by atomic mass is 35.5. The molecule has 0 saturated heterocycles. The topological polar surface area (TPSA) is 59.1 Å². The molecular formula is C20H15Cl2F3N4O. The predicted octanol–water partition coefficient (Wildman–Crippen LogP) is 6.67. The summed E-state index contributed by atoms with van der Waals surface area (Å²) in [4.78, 5) is 8.90. The van der Waals surface area contributed by atoms with E-state index in [2.05, 4.69) is 25.3 Å². The van der Waals surface area contributed by atoms with E-state index in [1.807, 2.05) is 0 Å².